The maximum atomic E-state index is 12.6. The van der Waals surface area contributed by atoms with Crippen LogP contribution in [0.2, 0.25) is 5.02 Å². The number of amides is 1. The molecule has 3 aromatic heterocycles. The van der Waals surface area contributed by atoms with Gasteiger partial charge in [0, 0.05) is 31.5 Å². The van der Waals surface area contributed by atoms with E-state index in [4.69, 9.17) is 11.6 Å². The average Bonchev–Trinajstić information content (AvgIpc) is 3.49. The van der Waals surface area contributed by atoms with Crippen LogP contribution in [-0.4, -0.2) is 37.0 Å². The number of nitrogens with one attached hydrogen (secondary N) is 3. The highest BCUT2D eigenvalue weighted by Crippen LogP contribution is 2.27. The number of anilines is 3. The van der Waals surface area contributed by atoms with Crippen LogP contribution in [0.15, 0.2) is 55.5 Å². The van der Waals surface area contributed by atoms with Gasteiger partial charge in [0.05, 0.1) is 28.9 Å². The monoisotopic (exact) mass is 482 g/mol. The first kappa shape index (κ1) is 22.8. The Morgan fingerprint density at radius 1 is 1.24 bits per heavy atom. The summed E-state index contributed by atoms with van der Waals surface area (Å²) in [5.41, 5.74) is 2.35. The number of para-hydroxylation sites is 1. The van der Waals surface area contributed by atoms with Crippen LogP contribution in [0.1, 0.15) is 27.3 Å². The summed E-state index contributed by atoms with van der Waals surface area (Å²) in [5, 5.41) is 10.4. The zero-order chi connectivity index (χ0) is 23.0. The van der Waals surface area contributed by atoms with Crippen molar-refractivity contribution >= 4 is 45.5 Å². The van der Waals surface area contributed by atoms with Gasteiger partial charge in [-0.15, -0.1) is 0 Å². The van der Waals surface area contributed by atoms with Gasteiger partial charge in [0.1, 0.15) is 17.0 Å². The maximum absolute atomic E-state index is 12.6. The molecule has 3 heterocycles. The van der Waals surface area contributed by atoms with Crippen molar-refractivity contribution in [3.63, 3.8) is 0 Å². The summed E-state index contributed by atoms with van der Waals surface area (Å²) in [6.07, 6.45) is 9.57. The second-order valence-corrected chi connectivity index (χ2v) is 8.70. The molecule has 0 saturated carbocycles. The van der Waals surface area contributed by atoms with Crippen molar-refractivity contribution in [1.29, 1.82) is 0 Å². The van der Waals surface area contributed by atoms with Gasteiger partial charge in [0.2, 0.25) is 0 Å². The SMILES string of the molecule is Cc1cccc(Cl)c1NC(=O)c1cnc(Nc2cc(CNCCCn3ccnc3)ncn2)s1. The summed E-state index contributed by atoms with van der Waals surface area (Å²) in [7, 11) is 0. The first-order chi connectivity index (χ1) is 16.1. The molecular weight excluding hydrogens is 460 g/mol. The Labute approximate surface area is 200 Å². The number of hydrogen-bond donors (Lipinski definition) is 3. The topological polar surface area (TPSA) is 110 Å². The van der Waals surface area contributed by atoms with Crippen molar-refractivity contribution in [2.24, 2.45) is 0 Å². The molecule has 0 aliphatic carbocycles. The Hall–Kier alpha value is -3.34. The van der Waals surface area contributed by atoms with Gasteiger partial charge < -0.3 is 20.5 Å². The zero-order valence-electron chi connectivity index (χ0n) is 18.0. The standard InChI is InChI=1S/C22H23ClN8OS/c1-15-4-2-5-17(23)20(15)30-21(32)18-12-26-22(33-18)29-19-10-16(27-13-28-19)11-24-6-3-8-31-9-7-25-14-31/h2,4-5,7,9-10,12-14,24H,3,6,8,11H2,1H3,(H,30,32)(H,26,27,28,29). The summed E-state index contributed by atoms with van der Waals surface area (Å²) in [4.78, 5) is 30.0. The number of nitrogens with zero attached hydrogens (tertiary/aromatic N) is 5. The lowest BCUT2D eigenvalue weighted by Gasteiger charge is -2.08. The van der Waals surface area contributed by atoms with E-state index in [-0.39, 0.29) is 5.91 Å². The molecule has 3 N–H and O–H groups in total. The Balaban J connectivity index is 1.29. The third-order valence-electron chi connectivity index (χ3n) is 4.78. The number of carbonyl (C=O) groups is 1. The summed E-state index contributed by atoms with van der Waals surface area (Å²) in [6.45, 7) is 4.30. The van der Waals surface area contributed by atoms with Crippen LogP contribution < -0.4 is 16.0 Å². The maximum Gasteiger partial charge on any atom is 0.267 e. The van der Waals surface area contributed by atoms with E-state index in [0.29, 0.717) is 33.1 Å². The van der Waals surface area contributed by atoms with Crippen LogP contribution in [0.3, 0.4) is 0 Å². The number of rotatable bonds is 10. The number of halogens is 1. The van der Waals surface area contributed by atoms with Crippen molar-refractivity contribution in [2.75, 3.05) is 17.2 Å². The van der Waals surface area contributed by atoms with Gasteiger partial charge >= 0.3 is 0 Å². The molecule has 33 heavy (non-hydrogen) atoms. The van der Waals surface area contributed by atoms with Crippen molar-refractivity contribution in [2.45, 2.75) is 26.4 Å². The number of thiazole rings is 1. The second kappa shape index (κ2) is 11.0. The smallest absolute Gasteiger partial charge is 0.267 e. The van der Waals surface area contributed by atoms with Gasteiger partial charge in [0.25, 0.3) is 5.91 Å². The van der Waals surface area contributed by atoms with E-state index in [0.717, 1.165) is 30.8 Å². The minimum Gasteiger partial charge on any atom is -0.337 e. The number of hydrogen-bond acceptors (Lipinski definition) is 8. The Kier molecular flexibility index (Phi) is 7.61. The van der Waals surface area contributed by atoms with Gasteiger partial charge in [-0.2, -0.15) is 0 Å². The molecule has 0 saturated heterocycles. The van der Waals surface area contributed by atoms with E-state index in [1.54, 1.807) is 12.3 Å². The average molecular weight is 483 g/mol. The van der Waals surface area contributed by atoms with Crippen LogP contribution in [0.25, 0.3) is 0 Å². The lowest BCUT2D eigenvalue weighted by Crippen LogP contribution is -2.17. The Bertz CT molecular complexity index is 1190. The predicted octanol–water partition coefficient (Wildman–Crippen LogP) is 4.27. The van der Waals surface area contributed by atoms with E-state index in [1.165, 1.54) is 23.9 Å². The van der Waals surface area contributed by atoms with Crippen LogP contribution in [-0.2, 0) is 13.1 Å². The van der Waals surface area contributed by atoms with Crippen molar-refractivity contribution in [1.82, 2.24) is 29.8 Å². The van der Waals surface area contributed by atoms with Crippen LogP contribution in [0.5, 0.6) is 0 Å². The lowest BCUT2D eigenvalue weighted by molar-refractivity contribution is 0.103. The van der Waals surface area contributed by atoms with E-state index in [9.17, 15) is 4.79 Å². The quantitative estimate of drug-likeness (QED) is 0.289. The normalized spacial score (nSPS) is 10.8. The first-order valence-electron chi connectivity index (χ1n) is 10.3. The lowest BCUT2D eigenvalue weighted by atomic mass is 10.2. The summed E-state index contributed by atoms with van der Waals surface area (Å²) in [6, 6.07) is 7.33. The van der Waals surface area contributed by atoms with Gasteiger partial charge in [-0.3, -0.25) is 4.79 Å². The second-order valence-electron chi connectivity index (χ2n) is 7.27. The fourth-order valence-electron chi connectivity index (χ4n) is 3.10. The van der Waals surface area contributed by atoms with E-state index >= 15 is 0 Å². The molecule has 1 amide bonds. The van der Waals surface area contributed by atoms with E-state index in [1.807, 2.05) is 42.2 Å². The van der Waals surface area contributed by atoms with Gasteiger partial charge in [-0.05, 0) is 31.5 Å². The molecule has 11 heteroatoms. The molecule has 0 unspecified atom stereocenters. The fourth-order valence-corrected chi connectivity index (χ4v) is 4.08. The number of carbonyl (C=O) groups excluding carboxylic acids is 1. The summed E-state index contributed by atoms with van der Waals surface area (Å²) in [5.74, 6) is 0.350. The number of aromatic nitrogens is 5. The van der Waals surface area contributed by atoms with Crippen molar-refractivity contribution in [3.8, 4) is 0 Å². The number of benzene rings is 1. The zero-order valence-corrected chi connectivity index (χ0v) is 19.5. The molecular formula is C22H23ClN8OS. The van der Waals surface area contributed by atoms with E-state index in [2.05, 4.69) is 35.9 Å². The molecule has 0 spiro atoms. The molecule has 0 aliphatic heterocycles. The van der Waals surface area contributed by atoms with Crippen LogP contribution in [0, 0.1) is 6.92 Å². The van der Waals surface area contributed by atoms with Crippen LogP contribution in [0.4, 0.5) is 16.6 Å². The van der Waals surface area contributed by atoms with E-state index < -0.39 is 0 Å². The molecule has 4 rings (SSSR count). The highest BCUT2D eigenvalue weighted by Gasteiger charge is 2.14. The van der Waals surface area contributed by atoms with Crippen molar-refractivity contribution < 1.29 is 4.79 Å². The van der Waals surface area contributed by atoms with Gasteiger partial charge in [-0.1, -0.05) is 35.1 Å². The molecule has 0 atom stereocenters. The number of aryl methyl sites for hydroxylation is 2. The van der Waals surface area contributed by atoms with Crippen molar-refractivity contribution in [3.05, 3.63) is 76.7 Å². The van der Waals surface area contributed by atoms with Gasteiger partial charge in [0.15, 0.2) is 5.13 Å². The van der Waals surface area contributed by atoms with Crippen LogP contribution >= 0.6 is 22.9 Å². The molecule has 9 nitrogen and oxygen atoms in total. The Morgan fingerprint density at radius 3 is 2.97 bits per heavy atom. The summed E-state index contributed by atoms with van der Waals surface area (Å²) < 4.78 is 2.05. The molecule has 0 radical (unpaired) electrons. The highest BCUT2D eigenvalue weighted by molar-refractivity contribution is 7.17. The molecule has 170 valence electrons. The first-order valence-corrected chi connectivity index (χ1v) is 11.5. The molecule has 0 fully saturated rings. The molecule has 1 aromatic carbocycles. The third-order valence-corrected chi connectivity index (χ3v) is 6.01. The largest absolute Gasteiger partial charge is 0.337 e. The predicted molar refractivity (Wildman–Crippen MR) is 130 cm³/mol. The van der Waals surface area contributed by atoms with Gasteiger partial charge in [-0.25, -0.2) is 19.9 Å². The third kappa shape index (κ3) is 6.35. The minimum atomic E-state index is -0.264. The molecule has 0 aliphatic rings. The summed E-state index contributed by atoms with van der Waals surface area (Å²) >= 11 is 7.44. The number of imidazole rings is 1. The molecule has 4 aromatic rings. The Morgan fingerprint density at radius 2 is 2.15 bits per heavy atom. The highest BCUT2D eigenvalue weighted by atomic mass is 35.5. The molecule has 0 bridgehead atoms. The fraction of sp³-hybridized carbons (Fsp3) is 0.227. The minimum absolute atomic E-state index is 0.264.